The second-order valence-corrected chi connectivity index (χ2v) is 4.08. The van der Waals surface area contributed by atoms with Crippen LogP contribution in [0.5, 0.6) is 0 Å². The molecule has 3 unspecified atom stereocenters. The van der Waals surface area contributed by atoms with Gasteiger partial charge in [-0.25, -0.2) is 0 Å². The first-order valence-corrected chi connectivity index (χ1v) is 5.12. The van der Waals surface area contributed by atoms with E-state index in [0.29, 0.717) is 13.0 Å². The number of hydrogen-bond donors (Lipinski definition) is 2. The lowest BCUT2D eigenvalue weighted by atomic mass is 10.0. The van der Waals surface area contributed by atoms with Gasteiger partial charge in [-0.15, -0.1) is 0 Å². The van der Waals surface area contributed by atoms with Crippen LogP contribution >= 0.6 is 0 Å². The summed E-state index contributed by atoms with van der Waals surface area (Å²) in [4.78, 5) is 22.0. The summed E-state index contributed by atoms with van der Waals surface area (Å²) in [5.74, 6) is -1.14. The average Bonchev–Trinajstić information content (AvgIpc) is 2.49. The van der Waals surface area contributed by atoms with Gasteiger partial charge >= 0.3 is 5.97 Å². The molecular formula is C10H17NO4. The Morgan fingerprint density at radius 3 is 2.73 bits per heavy atom. The Labute approximate surface area is 88.8 Å². The van der Waals surface area contributed by atoms with Gasteiger partial charge in [-0.3, -0.25) is 9.59 Å². The van der Waals surface area contributed by atoms with Gasteiger partial charge in [0.05, 0.1) is 25.0 Å². The highest BCUT2D eigenvalue weighted by atomic mass is 16.5. The Bertz CT molecular complexity index is 254. The van der Waals surface area contributed by atoms with E-state index in [4.69, 9.17) is 9.84 Å². The van der Waals surface area contributed by atoms with Gasteiger partial charge in [0.2, 0.25) is 5.91 Å². The van der Waals surface area contributed by atoms with Gasteiger partial charge in [-0.05, 0) is 20.3 Å². The monoisotopic (exact) mass is 215 g/mol. The van der Waals surface area contributed by atoms with Gasteiger partial charge in [0.15, 0.2) is 0 Å². The van der Waals surface area contributed by atoms with E-state index in [9.17, 15) is 9.59 Å². The molecule has 1 aliphatic rings. The summed E-state index contributed by atoms with van der Waals surface area (Å²) in [6, 6.07) is -0.328. The predicted molar refractivity (Wildman–Crippen MR) is 53.4 cm³/mol. The molecular weight excluding hydrogens is 198 g/mol. The zero-order valence-corrected chi connectivity index (χ0v) is 9.03. The molecule has 1 aliphatic heterocycles. The largest absolute Gasteiger partial charge is 0.481 e. The van der Waals surface area contributed by atoms with Crippen molar-refractivity contribution in [1.29, 1.82) is 0 Å². The van der Waals surface area contributed by atoms with Gasteiger partial charge < -0.3 is 15.2 Å². The number of carboxylic acids is 1. The van der Waals surface area contributed by atoms with Crippen LogP contribution in [-0.4, -0.2) is 35.7 Å². The Hall–Kier alpha value is -1.10. The molecule has 1 fully saturated rings. The topological polar surface area (TPSA) is 75.6 Å². The van der Waals surface area contributed by atoms with Crippen molar-refractivity contribution in [1.82, 2.24) is 5.32 Å². The van der Waals surface area contributed by atoms with Crippen molar-refractivity contribution in [3.63, 3.8) is 0 Å². The van der Waals surface area contributed by atoms with Crippen LogP contribution in [0, 0.1) is 5.92 Å². The van der Waals surface area contributed by atoms with E-state index in [2.05, 4.69) is 5.32 Å². The maximum atomic E-state index is 11.6. The molecule has 0 aromatic carbocycles. The zero-order valence-electron chi connectivity index (χ0n) is 9.03. The number of carbonyl (C=O) groups excluding carboxylic acids is 1. The Balaban J connectivity index is 2.32. The lowest BCUT2D eigenvalue weighted by Crippen LogP contribution is -2.38. The summed E-state index contributed by atoms with van der Waals surface area (Å²) in [5, 5.41) is 11.2. The van der Waals surface area contributed by atoms with Crippen LogP contribution in [0.2, 0.25) is 0 Å². The van der Waals surface area contributed by atoms with Gasteiger partial charge in [0, 0.05) is 6.04 Å². The normalized spacial score (nSPS) is 27.3. The quantitative estimate of drug-likeness (QED) is 0.711. The highest BCUT2D eigenvalue weighted by Crippen LogP contribution is 2.19. The summed E-state index contributed by atoms with van der Waals surface area (Å²) in [6.45, 7) is 4.05. The molecule has 0 aromatic rings. The lowest BCUT2D eigenvalue weighted by Gasteiger charge is -2.14. The number of nitrogens with one attached hydrogen (secondary N) is 1. The SMILES string of the molecule is CC(CC(=O)O)NC(=O)C1COC(C)C1. The number of hydrogen-bond acceptors (Lipinski definition) is 3. The third-order valence-corrected chi connectivity index (χ3v) is 2.44. The molecule has 1 amide bonds. The van der Waals surface area contributed by atoms with Crippen molar-refractivity contribution >= 4 is 11.9 Å². The van der Waals surface area contributed by atoms with Crippen LogP contribution in [0.15, 0.2) is 0 Å². The van der Waals surface area contributed by atoms with Gasteiger partial charge in [0.1, 0.15) is 0 Å². The molecule has 5 nitrogen and oxygen atoms in total. The van der Waals surface area contributed by atoms with Crippen molar-refractivity contribution < 1.29 is 19.4 Å². The summed E-state index contributed by atoms with van der Waals surface area (Å²) in [7, 11) is 0. The maximum absolute atomic E-state index is 11.6. The van der Waals surface area contributed by atoms with Crippen molar-refractivity contribution in [3.05, 3.63) is 0 Å². The van der Waals surface area contributed by atoms with Crippen molar-refractivity contribution in [2.45, 2.75) is 38.8 Å². The minimum Gasteiger partial charge on any atom is -0.481 e. The maximum Gasteiger partial charge on any atom is 0.305 e. The van der Waals surface area contributed by atoms with Gasteiger partial charge in [0.25, 0.3) is 0 Å². The Morgan fingerprint density at radius 2 is 2.27 bits per heavy atom. The Kier molecular flexibility index (Phi) is 4.08. The van der Waals surface area contributed by atoms with E-state index >= 15 is 0 Å². The molecule has 0 aromatic heterocycles. The molecule has 2 N–H and O–H groups in total. The summed E-state index contributed by atoms with van der Waals surface area (Å²) in [5.41, 5.74) is 0. The number of carboxylic acid groups (broad SMARTS) is 1. The van der Waals surface area contributed by atoms with E-state index in [1.54, 1.807) is 6.92 Å². The second kappa shape index (κ2) is 5.11. The lowest BCUT2D eigenvalue weighted by molar-refractivity contribution is -0.137. The van der Waals surface area contributed by atoms with E-state index in [1.165, 1.54) is 0 Å². The number of aliphatic carboxylic acids is 1. The smallest absolute Gasteiger partial charge is 0.305 e. The molecule has 5 heteroatoms. The molecule has 15 heavy (non-hydrogen) atoms. The molecule has 3 atom stereocenters. The highest BCUT2D eigenvalue weighted by molar-refractivity contribution is 5.80. The molecule has 1 saturated heterocycles. The van der Waals surface area contributed by atoms with E-state index in [-0.39, 0.29) is 30.4 Å². The van der Waals surface area contributed by atoms with Crippen LogP contribution in [0.3, 0.4) is 0 Å². The van der Waals surface area contributed by atoms with Gasteiger partial charge in [-0.1, -0.05) is 0 Å². The molecule has 1 heterocycles. The minimum atomic E-state index is -0.904. The van der Waals surface area contributed by atoms with Crippen LogP contribution in [-0.2, 0) is 14.3 Å². The van der Waals surface area contributed by atoms with Crippen molar-refractivity contribution in [2.24, 2.45) is 5.92 Å². The fourth-order valence-corrected chi connectivity index (χ4v) is 1.67. The first kappa shape index (κ1) is 12.0. The molecule has 0 spiro atoms. The third-order valence-electron chi connectivity index (χ3n) is 2.44. The molecule has 86 valence electrons. The molecule has 0 saturated carbocycles. The van der Waals surface area contributed by atoms with Crippen LogP contribution in [0.25, 0.3) is 0 Å². The summed E-state index contributed by atoms with van der Waals surface area (Å²) < 4.78 is 5.27. The summed E-state index contributed by atoms with van der Waals surface area (Å²) >= 11 is 0. The molecule has 1 rings (SSSR count). The standard InChI is InChI=1S/C10H17NO4/c1-6(3-9(12)13)11-10(14)8-4-7(2)15-5-8/h6-8H,3-5H2,1-2H3,(H,11,14)(H,12,13). The first-order chi connectivity index (χ1) is 6.99. The average molecular weight is 215 g/mol. The highest BCUT2D eigenvalue weighted by Gasteiger charge is 2.28. The van der Waals surface area contributed by atoms with E-state index < -0.39 is 5.97 Å². The summed E-state index contributed by atoms with van der Waals surface area (Å²) in [6.07, 6.45) is 0.788. The number of rotatable bonds is 4. The zero-order chi connectivity index (χ0) is 11.4. The second-order valence-electron chi connectivity index (χ2n) is 4.08. The van der Waals surface area contributed by atoms with Crippen LogP contribution in [0.4, 0.5) is 0 Å². The molecule has 0 aliphatic carbocycles. The first-order valence-electron chi connectivity index (χ1n) is 5.12. The van der Waals surface area contributed by atoms with Gasteiger partial charge in [-0.2, -0.15) is 0 Å². The van der Waals surface area contributed by atoms with Crippen molar-refractivity contribution in [2.75, 3.05) is 6.61 Å². The molecule has 0 bridgehead atoms. The number of amides is 1. The van der Waals surface area contributed by atoms with Crippen LogP contribution in [0.1, 0.15) is 26.7 Å². The predicted octanol–water partition coefficient (Wildman–Crippen LogP) is 0.391. The Morgan fingerprint density at radius 1 is 1.60 bits per heavy atom. The van der Waals surface area contributed by atoms with E-state index in [0.717, 1.165) is 0 Å². The number of carbonyl (C=O) groups is 2. The minimum absolute atomic E-state index is 0.0468. The van der Waals surface area contributed by atoms with Crippen molar-refractivity contribution in [3.8, 4) is 0 Å². The molecule has 0 radical (unpaired) electrons. The van der Waals surface area contributed by atoms with E-state index in [1.807, 2.05) is 6.92 Å². The van der Waals surface area contributed by atoms with Crippen LogP contribution < -0.4 is 5.32 Å². The number of ether oxygens (including phenoxy) is 1. The fourth-order valence-electron chi connectivity index (χ4n) is 1.67. The third kappa shape index (κ3) is 3.87. The fraction of sp³-hybridized carbons (Fsp3) is 0.800.